The molecule has 1 N–H and O–H groups in total. The molecule has 15 heteroatoms. The normalized spacial score (nSPS) is 18.8. The van der Waals surface area contributed by atoms with Crippen molar-refractivity contribution in [2.45, 2.75) is 37.6 Å². The van der Waals surface area contributed by atoms with Crippen molar-refractivity contribution < 1.29 is 52.4 Å². The summed E-state index contributed by atoms with van der Waals surface area (Å²) in [6.07, 6.45) is -7.87. The number of carbonyl (C=O) groups is 5. The summed E-state index contributed by atoms with van der Waals surface area (Å²) in [5, 5.41) is 0. The SMILES string of the molecule is CCOC(=O)c1cn([C@@H]2O[C@H](COC(=O)c3ccccc3)[C@H](OC(=O)c3ccccc3)[C@H](OC(=O)c3ccccc3)[C@H]2OC(=O)c2ccccc2)c(=O)[nH]c1=O. The van der Waals surface area contributed by atoms with Gasteiger partial charge < -0.3 is 28.4 Å². The fraction of sp³-hybridized carbons (Fsp3) is 0.195. The van der Waals surface area contributed by atoms with Gasteiger partial charge in [-0.3, -0.25) is 14.3 Å². The maximum absolute atomic E-state index is 13.8. The van der Waals surface area contributed by atoms with E-state index in [2.05, 4.69) is 0 Å². The number of carbonyl (C=O) groups excluding carboxylic acids is 5. The van der Waals surface area contributed by atoms with Crippen LogP contribution in [0, 0.1) is 0 Å². The molecule has 56 heavy (non-hydrogen) atoms. The van der Waals surface area contributed by atoms with Crippen molar-refractivity contribution in [2.24, 2.45) is 0 Å². The number of aromatic nitrogens is 2. The Bertz CT molecular complexity index is 2290. The lowest BCUT2D eigenvalue weighted by atomic mass is 9.96. The summed E-state index contributed by atoms with van der Waals surface area (Å²) < 4.78 is 35.7. The number of nitrogens with one attached hydrogen (secondary N) is 1. The molecule has 0 aliphatic carbocycles. The summed E-state index contributed by atoms with van der Waals surface area (Å²) in [6, 6.07) is 31.1. The molecule has 4 aromatic carbocycles. The first kappa shape index (κ1) is 38.6. The van der Waals surface area contributed by atoms with Crippen LogP contribution >= 0.6 is 0 Å². The topological polar surface area (TPSA) is 196 Å². The Balaban J connectivity index is 1.51. The van der Waals surface area contributed by atoms with E-state index in [9.17, 15) is 33.6 Å². The second kappa shape index (κ2) is 17.8. The number of hydrogen-bond acceptors (Lipinski definition) is 13. The molecule has 0 unspecified atom stereocenters. The van der Waals surface area contributed by atoms with Crippen molar-refractivity contribution in [3.05, 3.63) is 176 Å². The number of benzene rings is 4. The van der Waals surface area contributed by atoms with Gasteiger partial charge >= 0.3 is 35.5 Å². The third kappa shape index (κ3) is 8.97. The van der Waals surface area contributed by atoms with Crippen LogP contribution in [-0.4, -0.2) is 77.0 Å². The molecule has 1 aromatic heterocycles. The molecule has 2 heterocycles. The third-order valence-electron chi connectivity index (χ3n) is 8.49. The van der Waals surface area contributed by atoms with E-state index in [0.29, 0.717) is 0 Å². The Morgan fingerprint density at radius 2 is 1.00 bits per heavy atom. The van der Waals surface area contributed by atoms with Crippen LogP contribution in [0.25, 0.3) is 0 Å². The Hall–Kier alpha value is -7.13. The molecule has 1 aliphatic heterocycles. The lowest BCUT2D eigenvalue weighted by Crippen LogP contribution is -2.62. The highest BCUT2D eigenvalue weighted by molar-refractivity contribution is 5.92. The first-order chi connectivity index (χ1) is 27.1. The van der Waals surface area contributed by atoms with E-state index in [4.69, 9.17) is 28.4 Å². The molecule has 1 saturated heterocycles. The minimum Gasteiger partial charge on any atom is -0.462 e. The molecule has 0 amide bonds. The van der Waals surface area contributed by atoms with E-state index in [1.54, 1.807) is 72.8 Å². The molecule has 6 rings (SSSR count). The largest absolute Gasteiger partial charge is 0.462 e. The minimum atomic E-state index is -1.84. The quantitative estimate of drug-likeness (QED) is 0.141. The summed E-state index contributed by atoms with van der Waals surface area (Å²) in [5.41, 5.74) is -2.51. The standard InChI is InChI=1S/C41H34N2O13/c1-2-51-40(49)29-23-43(41(50)42-34(29)44)35-33(56-39(48)28-21-13-6-14-22-28)32(55-38(47)27-19-11-5-12-20-27)31(54-37(46)26-17-9-4-10-18-26)30(53-35)24-52-36(45)25-15-7-3-8-16-25/h3-23,30-33,35H,2,24H2,1H3,(H,42,44,50)/t30-,31+,32+,33-,35-/m1/s1. The van der Waals surface area contributed by atoms with Crippen LogP contribution in [-0.2, 0) is 28.4 Å². The highest BCUT2D eigenvalue weighted by Crippen LogP contribution is 2.35. The summed E-state index contributed by atoms with van der Waals surface area (Å²) in [5.74, 6) is -4.75. The number of esters is 5. The van der Waals surface area contributed by atoms with Crippen molar-refractivity contribution >= 4 is 29.8 Å². The molecule has 0 saturated carbocycles. The summed E-state index contributed by atoms with van der Waals surface area (Å²) in [4.78, 5) is 95.8. The van der Waals surface area contributed by atoms with Gasteiger partial charge in [-0.2, -0.15) is 0 Å². The monoisotopic (exact) mass is 762 g/mol. The van der Waals surface area contributed by atoms with Crippen molar-refractivity contribution in [3.8, 4) is 0 Å². The highest BCUT2D eigenvalue weighted by Gasteiger charge is 2.54. The molecule has 15 nitrogen and oxygen atoms in total. The Labute approximate surface area is 318 Å². The van der Waals surface area contributed by atoms with Gasteiger partial charge in [0, 0.05) is 6.20 Å². The van der Waals surface area contributed by atoms with E-state index in [1.165, 1.54) is 55.5 Å². The summed E-state index contributed by atoms with van der Waals surface area (Å²) >= 11 is 0. The van der Waals surface area contributed by atoms with Gasteiger partial charge in [0.2, 0.25) is 0 Å². The van der Waals surface area contributed by atoms with E-state index >= 15 is 0 Å². The van der Waals surface area contributed by atoms with Crippen molar-refractivity contribution in [1.82, 2.24) is 9.55 Å². The third-order valence-corrected chi connectivity index (χ3v) is 8.49. The molecule has 0 spiro atoms. The molecule has 0 radical (unpaired) electrons. The van der Waals surface area contributed by atoms with Gasteiger partial charge in [-0.05, 0) is 55.5 Å². The minimum absolute atomic E-state index is 0.0390. The fourth-order valence-corrected chi connectivity index (χ4v) is 5.80. The second-order valence-electron chi connectivity index (χ2n) is 12.2. The smallest absolute Gasteiger partial charge is 0.345 e. The Kier molecular flexibility index (Phi) is 12.3. The maximum atomic E-state index is 13.8. The molecule has 1 aliphatic rings. The number of nitrogens with zero attached hydrogens (tertiary/aromatic N) is 1. The van der Waals surface area contributed by atoms with Gasteiger partial charge in [0.05, 0.1) is 28.9 Å². The first-order valence-corrected chi connectivity index (χ1v) is 17.3. The van der Waals surface area contributed by atoms with Crippen molar-refractivity contribution in [1.29, 1.82) is 0 Å². The molecular weight excluding hydrogens is 728 g/mol. The number of H-pyrrole nitrogens is 1. The second-order valence-corrected chi connectivity index (χ2v) is 12.2. The average Bonchev–Trinajstić information content (AvgIpc) is 3.22. The van der Waals surface area contributed by atoms with Gasteiger partial charge in [0.25, 0.3) is 5.56 Å². The molecule has 1 fully saturated rings. The van der Waals surface area contributed by atoms with Gasteiger partial charge in [-0.15, -0.1) is 0 Å². The summed E-state index contributed by atoms with van der Waals surface area (Å²) in [6.45, 7) is 0.726. The number of aromatic amines is 1. The maximum Gasteiger partial charge on any atom is 0.345 e. The Morgan fingerprint density at radius 1 is 0.571 bits per heavy atom. The van der Waals surface area contributed by atoms with Gasteiger partial charge in [0.1, 0.15) is 18.3 Å². The molecular formula is C41H34N2O13. The summed E-state index contributed by atoms with van der Waals surface area (Å²) in [7, 11) is 0. The van der Waals surface area contributed by atoms with Crippen molar-refractivity contribution in [2.75, 3.05) is 13.2 Å². The van der Waals surface area contributed by atoms with Crippen LogP contribution < -0.4 is 11.2 Å². The van der Waals surface area contributed by atoms with Gasteiger partial charge in [0.15, 0.2) is 24.5 Å². The van der Waals surface area contributed by atoms with Crippen molar-refractivity contribution in [3.63, 3.8) is 0 Å². The molecule has 5 aromatic rings. The van der Waals surface area contributed by atoms with Crippen LogP contribution in [0.3, 0.4) is 0 Å². The number of ether oxygens (including phenoxy) is 6. The van der Waals surface area contributed by atoms with E-state index in [1.807, 2.05) is 4.98 Å². The van der Waals surface area contributed by atoms with Gasteiger partial charge in [-0.1, -0.05) is 72.8 Å². The van der Waals surface area contributed by atoms with Gasteiger partial charge in [-0.25, -0.2) is 28.8 Å². The van der Waals surface area contributed by atoms with Crippen LogP contribution in [0.5, 0.6) is 0 Å². The lowest BCUT2D eigenvalue weighted by molar-refractivity contribution is -0.250. The number of hydrogen-bond donors (Lipinski definition) is 1. The Morgan fingerprint density at radius 3 is 1.46 bits per heavy atom. The average molecular weight is 763 g/mol. The number of rotatable bonds is 12. The highest BCUT2D eigenvalue weighted by atomic mass is 16.7. The predicted octanol–water partition coefficient (Wildman–Crippen LogP) is 4.14. The first-order valence-electron chi connectivity index (χ1n) is 17.3. The van der Waals surface area contributed by atoms with Crippen LogP contribution in [0.4, 0.5) is 0 Å². The zero-order valence-corrected chi connectivity index (χ0v) is 29.7. The zero-order chi connectivity index (χ0) is 39.6. The molecule has 286 valence electrons. The van der Waals surface area contributed by atoms with Crippen LogP contribution in [0.1, 0.15) is 64.9 Å². The van der Waals surface area contributed by atoms with E-state index in [0.717, 1.165) is 10.8 Å². The zero-order valence-electron chi connectivity index (χ0n) is 29.7. The lowest BCUT2D eigenvalue weighted by Gasteiger charge is -2.44. The van der Waals surface area contributed by atoms with Crippen LogP contribution in [0.15, 0.2) is 137 Å². The van der Waals surface area contributed by atoms with E-state index < -0.39 is 83.9 Å². The van der Waals surface area contributed by atoms with Crippen LogP contribution in [0.2, 0.25) is 0 Å². The fourth-order valence-electron chi connectivity index (χ4n) is 5.80. The molecule has 0 bridgehead atoms. The molecule has 5 atom stereocenters. The predicted molar refractivity (Wildman–Crippen MR) is 195 cm³/mol. The van der Waals surface area contributed by atoms with E-state index in [-0.39, 0.29) is 28.9 Å².